The molecule has 1 N–H and O–H groups in total. The molecule has 2 atom stereocenters. The molecule has 0 radical (unpaired) electrons. The summed E-state index contributed by atoms with van der Waals surface area (Å²) in [6, 6.07) is 0. The van der Waals surface area contributed by atoms with Gasteiger partial charge in [-0.2, -0.15) is 0 Å². The highest BCUT2D eigenvalue weighted by Crippen LogP contribution is 2.31. The first-order valence-electron chi connectivity index (χ1n) is 7.80. The molecule has 0 bridgehead atoms. The molecule has 0 aromatic carbocycles. The van der Waals surface area contributed by atoms with Crippen LogP contribution in [0.3, 0.4) is 0 Å². The van der Waals surface area contributed by atoms with Crippen molar-refractivity contribution in [1.29, 1.82) is 0 Å². The van der Waals surface area contributed by atoms with Gasteiger partial charge in [-0.3, -0.25) is 4.79 Å². The van der Waals surface area contributed by atoms with E-state index in [0.29, 0.717) is 18.3 Å². The molecule has 19 heavy (non-hydrogen) atoms. The second-order valence-corrected chi connectivity index (χ2v) is 6.41. The Bertz CT molecular complexity index is 257. The number of aliphatic hydroxyl groups excluding tert-OH is 1. The summed E-state index contributed by atoms with van der Waals surface area (Å²) in [4.78, 5) is 11.9. The van der Waals surface area contributed by atoms with Crippen LogP contribution in [0.25, 0.3) is 0 Å². The molecule has 0 heterocycles. The smallest absolute Gasteiger partial charge is 0.311 e. The van der Waals surface area contributed by atoms with Crippen molar-refractivity contribution < 1.29 is 14.6 Å². The summed E-state index contributed by atoms with van der Waals surface area (Å²) in [5.41, 5.74) is 0. The number of hydrogen-bond donors (Lipinski definition) is 1. The lowest BCUT2D eigenvalue weighted by Gasteiger charge is -2.28. The highest BCUT2D eigenvalue weighted by Gasteiger charge is 2.30. The van der Waals surface area contributed by atoms with Crippen molar-refractivity contribution in [3.8, 4) is 0 Å². The van der Waals surface area contributed by atoms with Crippen LogP contribution in [-0.4, -0.2) is 24.3 Å². The Labute approximate surface area is 117 Å². The second kappa shape index (κ2) is 8.57. The zero-order valence-electron chi connectivity index (χ0n) is 12.7. The molecule has 0 amide bonds. The maximum atomic E-state index is 11.9. The monoisotopic (exact) mass is 270 g/mol. The van der Waals surface area contributed by atoms with E-state index in [4.69, 9.17) is 4.74 Å². The molecule has 3 nitrogen and oxygen atoms in total. The van der Waals surface area contributed by atoms with E-state index >= 15 is 0 Å². The minimum atomic E-state index is -0.545. The Morgan fingerprint density at radius 1 is 1.21 bits per heavy atom. The average molecular weight is 270 g/mol. The number of carbonyl (C=O) groups excluding carboxylic acids is 1. The Morgan fingerprint density at radius 3 is 2.37 bits per heavy atom. The summed E-state index contributed by atoms with van der Waals surface area (Å²) >= 11 is 0. The van der Waals surface area contributed by atoms with Gasteiger partial charge >= 0.3 is 5.97 Å². The van der Waals surface area contributed by atoms with Gasteiger partial charge in [-0.15, -0.1) is 0 Å². The zero-order chi connectivity index (χ0) is 14.3. The Morgan fingerprint density at radius 2 is 1.84 bits per heavy atom. The molecule has 112 valence electrons. The minimum Gasteiger partial charge on any atom is -0.469 e. The van der Waals surface area contributed by atoms with E-state index in [1.54, 1.807) is 0 Å². The SMILES string of the molecule is COC(=O)C(CC1CCCCC1)C(O)CCC(C)C. The lowest BCUT2D eigenvalue weighted by molar-refractivity contribution is -0.150. The summed E-state index contributed by atoms with van der Waals surface area (Å²) in [5, 5.41) is 10.3. The van der Waals surface area contributed by atoms with Crippen LogP contribution >= 0.6 is 0 Å². The van der Waals surface area contributed by atoms with Crippen molar-refractivity contribution in [2.75, 3.05) is 7.11 Å². The average Bonchev–Trinajstić information content (AvgIpc) is 2.42. The highest BCUT2D eigenvalue weighted by atomic mass is 16.5. The van der Waals surface area contributed by atoms with E-state index < -0.39 is 6.10 Å². The van der Waals surface area contributed by atoms with E-state index in [-0.39, 0.29) is 11.9 Å². The van der Waals surface area contributed by atoms with Crippen LogP contribution < -0.4 is 0 Å². The van der Waals surface area contributed by atoms with Gasteiger partial charge in [-0.05, 0) is 31.1 Å². The van der Waals surface area contributed by atoms with Crippen molar-refractivity contribution in [2.45, 2.75) is 71.3 Å². The lowest BCUT2D eigenvalue weighted by atomic mass is 9.80. The second-order valence-electron chi connectivity index (χ2n) is 6.41. The molecule has 1 aliphatic rings. The molecule has 2 unspecified atom stereocenters. The van der Waals surface area contributed by atoms with Crippen LogP contribution in [0.5, 0.6) is 0 Å². The van der Waals surface area contributed by atoms with Gasteiger partial charge in [0.05, 0.1) is 19.1 Å². The topological polar surface area (TPSA) is 46.5 Å². The van der Waals surface area contributed by atoms with Crippen molar-refractivity contribution in [2.24, 2.45) is 17.8 Å². The molecule has 1 aliphatic carbocycles. The fourth-order valence-corrected chi connectivity index (χ4v) is 3.05. The summed E-state index contributed by atoms with van der Waals surface area (Å²) in [6.07, 6.45) is 8.15. The Hall–Kier alpha value is -0.570. The van der Waals surface area contributed by atoms with E-state index in [2.05, 4.69) is 13.8 Å². The third-order valence-electron chi connectivity index (χ3n) is 4.32. The molecule has 0 aromatic heterocycles. The maximum Gasteiger partial charge on any atom is 0.311 e. The quantitative estimate of drug-likeness (QED) is 0.720. The van der Waals surface area contributed by atoms with Gasteiger partial charge in [-0.1, -0.05) is 46.0 Å². The third kappa shape index (κ3) is 5.94. The summed E-state index contributed by atoms with van der Waals surface area (Å²) in [7, 11) is 1.42. The number of rotatable bonds is 7. The fourth-order valence-electron chi connectivity index (χ4n) is 3.05. The molecular formula is C16H30O3. The standard InChI is InChI=1S/C16H30O3/c1-12(2)9-10-15(17)14(16(18)19-3)11-13-7-5-4-6-8-13/h12-15,17H,4-11H2,1-3H3. The van der Waals surface area contributed by atoms with Crippen LogP contribution in [-0.2, 0) is 9.53 Å². The number of aliphatic hydroxyl groups is 1. The largest absolute Gasteiger partial charge is 0.469 e. The number of esters is 1. The number of ether oxygens (including phenoxy) is 1. The normalized spacial score (nSPS) is 20.3. The predicted octanol–water partition coefficient (Wildman–Crippen LogP) is 3.54. The van der Waals surface area contributed by atoms with Gasteiger partial charge in [-0.25, -0.2) is 0 Å². The van der Waals surface area contributed by atoms with Crippen molar-refractivity contribution in [1.82, 2.24) is 0 Å². The summed E-state index contributed by atoms with van der Waals surface area (Å²) < 4.78 is 4.88. The predicted molar refractivity (Wildman–Crippen MR) is 76.8 cm³/mol. The molecule has 0 aliphatic heterocycles. The Kier molecular flexibility index (Phi) is 7.44. The van der Waals surface area contributed by atoms with E-state index in [9.17, 15) is 9.90 Å². The minimum absolute atomic E-state index is 0.234. The molecular weight excluding hydrogens is 240 g/mol. The first-order valence-corrected chi connectivity index (χ1v) is 7.80. The van der Waals surface area contributed by atoms with Crippen LogP contribution in [0.2, 0.25) is 0 Å². The number of carbonyl (C=O) groups is 1. The first-order chi connectivity index (χ1) is 9.04. The van der Waals surface area contributed by atoms with Gasteiger partial charge in [0.1, 0.15) is 0 Å². The lowest BCUT2D eigenvalue weighted by Crippen LogP contribution is -2.32. The zero-order valence-corrected chi connectivity index (χ0v) is 12.7. The van der Waals surface area contributed by atoms with Crippen LogP contribution in [0, 0.1) is 17.8 Å². The highest BCUT2D eigenvalue weighted by molar-refractivity contribution is 5.72. The van der Waals surface area contributed by atoms with E-state index in [0.717, 1.165) is 12.8 Å². The third-order valence-corrected chi connectivity index (χ3v) is 4.32. The van der Waals surface area contributed by atoms with Crippen LogP contribution in [0.15, 0.2) is 0 Å². The van der Waals surface area contributed by atoms with Gasteiger partial charge < -0.3 is 9.84 Å². The van der Waals surface area contributed by atoms with Crippen LogP contribution in [0.1, 0.15) is 65.2 Å². The Balaban J connectivity index is 2.52. The van der Waals surface area contributed by atoms with Crippen LogP contribution in [0.4, 0.5) is 0 Å². The van der Waals surface area contributed by atoms with Crippen molar-refractivity contribution >= 4 is 5.97 Å². The molecule has 0 aromatic rings. The van der Waals surface area contributed by atoms with E-state index in [1.165, 1.54) is 39.2 Å². The van der Waals surface area contributed by atoms with Gasteiger partial charge in [0.15, 0.2) is 0 Å². The van der Waals surface area contributed by atoms with Crippen molar-refractivity contribution in [3.63, 3.8) is 0 Å². The van der Waals surface area contributed by atoms with Gasteiger partial charge in [0, 0.05) is 0 Å². The van der Waals surface area contributed by atoms with Gasteiger partial charge in [0.25, 0.3) is 0 Å². The summed E-state index contributed by atoms with van der Waals surface area (Å²) in [6.45, 7) is 4.28. The molecule has 1 rings (SSSR count). The first kappa shape index (κ1) is 16.5. The summed E-state index contributed by atoms with van der Waals surface area (Å²) in [5.74, 6) is 0.586. The number of hydrogen-bond acceptors (Lipinski definition) is 3. The molecule has 1 fully saturated rings. The molecule has 0 saturated heterocycles. The van der Waals surface area contributed by atoms with Gasteiger partial charge in [0.2, 0.25) is 0 Å². The van der Waals surface area contributed by atoms with Crippen molar-refractivity contribution in [3.05, 3.63) is 0 Å². The van der Waals surface area contributed by atoms with E-state index in [1.807, 2.05) is 0 Å². The molecule has 0 spiro atoms. The fraction of sp³-hybridized carbons (Fsp3) is 0.938. The number of methoxy groups -OCH3 is 1. The maximum absolute atomic E-state index is 11.9. The molecule has 3 heteroatoms. The molecule has 1 saturated carbocycles.